The van der Waals surface area contributed by atoms with Gasteiger partial charge in [0, 0.05) is 12.4 Å². The Morgan fingerprint density at radius 2 is 2.47 bits per heavy atom. The first kappa shape index (κ1) is 11.6. The van der Waals surface area contributed by atoms with Gasteiger partial charge in [-0.2, -0.15) is 11.8 Å². The highest BCUT2D eigenvalue weighted by Crippen LogP contribution is 2.43. The number of thioether (sulfide) groups is 1. The smallest absolute Gasteiger partial charge is 0.120 e. The summed E-state index contributed by atoms with van der Waals surface area (Å²) in [6.45, 7) is 0.847. The second-order valence-corrected chi connectivity index (χ2v) is 6.23. The molecule has 0 amide bonds. The van der Waals surface area contributed by atoms with Gasteiger partial charge in [-0.25, -0.2) is 0 Å². The quantitative estimate of drug-likeness (QED) is 0.880. The van der Waals surface area contributed by atoms with Crippen LogP contribution in [0.4, 0.5) is 0 Å². The minimum absolute atomic E-state index is 0.0244. The SMILES string of the molecule is NC(c1ccco1)C1CCOC2(CCSC2)C1. The Morgan fingerprint density at radius 3 is 3.18 bits per heavy atom. The summed E-state index contributed by atoms with van der Waals surface area (Å²) in [4.78, 5) is 0. The summed E-state index contributed by atoms with van der Waals surface area (Å²) < 4.78 is 11.4. The van der Waals surface area contributed by atoms with Crippen molar-refractivity contribution >= 4 is 11.8 Å². The number of hydrogen-bond donors (Lipinski definition) is 1. The summed E-state index contributed by atoms with van der Waals surface area (Å²) in [5, 5.41) is 0. The maximum Gasteiger partial charge on any atom is 0.120 e. The van der Waals surface area contributed by atoms with Gasteiger partial charge >= 0.3 is 0 Å². The molecule has 3 nitrogen and oxygen atoms in total. The second kappa shape index (κ2) is 4.67. The third-order valence-electron chi connectivity index (χ3n) is 3.98. The van der Waals surface area contributed by atoms with Crippen molar-refractivity contribution in [1.29, 1.82) is 0 Å². The molecule has 2 fully saturated rings. The van der Waals surface area contributed by atoms with Crippen molar-refractivity contribution in [2.75, 3.05) is 18.1 Å². The number of rotatable bonds is 2. The van der Waals surface area contributed by atoms with Gasteiger partial charge in [0.2, 0.25) is 0 Å². The van der Waals surface area contributed by atoms with Gasteiger partial charge in [0.1, 0.15) is 5.76 Å². The van der Waals surface area contributed by atoms with E-state index in [0.29, 0.717) is 5.92 Å². The molecule has 0 aliphatic carbocycles. The van der Waals surface area contributed by atoms with E-state index < -0.39 is 0 Å². The van der Waals surface area contributed by atoms with Crippen molar-refractivity contribution in [3.8, 4) is 0 Å². The molecule has 1 aromatic heterocycles. The second-order valence-electron chi connectivity index (χ2n) is 5.13. The fourth-order valence-electron chi connectivity index (χ4n) is 2.95. The lowest BCUT2D eigenvalue weighted by Crippen LogP contribution is -2.42. The van der Waals surface area contributed by atoms with E-state index in [9.17, 15) is 0 Å². The first-order valence-corrected chi connectivity index (χ1v) is 7.45. The zero-order valence-electron chi connectivity index (χ0n) is 9.93. The van der Waals surface area contributed by atoms with Crippen molar-refractivity contribution in [1.82, 2.24) is 0 Å². The number of hydrogen-bond acceptors (Lipinski definition) is 4. The van der Waals surface area contributed by atoms with Crippen LogP contribution in [0.5, 0.6) is 0 Å². The minimum atomic E-state index is 0.0244. The summed E-state index contributed by atoms with van der Waals surface area (Å²) in [6.07, 6.45) is 5.02. The maximum atomic E-state index is 6.31. The highest BCUT2D eigenvalue weighted by atomic mass is 32.2. The van der Waals surface area contributed by atoms with Gasteiger partial charge in [-0.15, -0.1) is 0 Å². The summed E-state index contributed by atoms with van der Waals surface area (Å²) in [5.74, 6) is 3.77. The first-order chi connectivity index (χ1) is 8.29. The van der Waals surface area contributed by atoms with E-state index in [2.05, 4.69) is 0 Å². The molecule has 1 spiro atoms. The van der Waals surface area contributed by atoms with Crippen molar-refractivity contribution in [3.05, 3.63) is 24.2 Å². The van der Waals surface area contributed by atoms with Crippen LogP contribution in [0.2, 0.25) is 0 Å². The molecule has 0 saturated carbocycles. The third-order valence-corrected chi connectivity index (χ3v) is 5.20. The molecule has 0 bridgehead atoms. The molecule has 2 aliphatic heterocycles. The van der Waals surface area contributed by atoms with Crippen molar-refractivity contribution < 1.29 is 9.15 Å². The van der Waals surface area contributed by atoms with E-state index in [4.69, 9.17) is 14.9 Å². The van der Waals surface area contributed by atoms with E-state index in [-0.39, 0.29) is 11.6 Å². The average molecular weight is 253 g/mol. The van der Waals surface area contributed by atoms with E-state index in [0.717, 1.165) is 31.0 Å². The summed E-state index contributed by atoms with van der Waals surface area (Å²) >= 11 is 2.00. The summed E-state index contributed by atoms with van der Waals surface area (Å²) in [5.41, 5.74) is 6.42. The van der Waals surface area contributed by atoms with Crippen LogP contribution in [-0.2, 0) is 4.74 Å². The predicted octanol–water partition coefficient (Wildman–Crippen LogP) is 2.58. The number of nitrogens with two attached hydrogens (primary N) is 1. The number of ether oxygens (including phenoxy) is 1. The van der Waals surface area contributed by atoms with Gasteiger partial charge < -0.3 is 14.9 Å². The van der Waals surface area contributed by atoms with Crippen molar-refractivity contribution in [2.45, 2.75) is 30.9 Å². The molecule has 3 heterocycles. The predicted molar refractivity (Wildman–Crippen MR) is 69.0 cm³/mol. The number of furan rings is 1. The lowest BCUT2D eigenvalue weighted by molar-refractivity contribution is -0.0842. The van der Waals surface area contributed by atoms with E-state index in [1.54, 1.807) is 6.26 Å². The molecule has 2 saturated heterocycles. The fourth-order valence-corrected chi connectivity index (χ4v) is 4.33. The Hall–Kier alpha value is -0.450. The Labute approximate surface area is 106 Å². The molecule has 3 rings (SSSR count). The van der Waals surface area contributed by atoms with Crippen molar-refractivity contribution in [3.63, 3.8) is 0 Å². The molecular formula is C13H19NO2S. The van der Waals surface area contributed by atoms with E-state index in [1.807, 2.05) is 23.9 Å². The normalized spacial score (nSPS) is 35.2. The van der Waals surface area contributed by atoms with Crippen LogP contribution in [0.25, 0.3) is 0 Å². The van der Waals surface area contributed by atoms with Crippen LogP contribution < -0.4 is 5.73 Å². The first-order valence-electron chi connectivity index (χ1n) is 6.30. The molecule has 3 unspecified atom stereocenters. The standard InChI is InChI=1S/C13H19NO2S/c14-12(11-2-1-5-15-11)10-3-6-16-13(8-10)4-7-17-9-13/h1-2,5,10,12H,3-4,6-9,14H2. The molecule has 94 valence electrons. The molecular weight excluding hydrogens is 234 g/mol. The lowest BCUT2D eigenvalue weighted by atomic mass is 9.81. The zero-order valence-corrected chi connectivity index (χ0v) is 10.7. The third kappa shape index (κ3) is 2.26. The van der Waals surface area contributed by atoms with Crippen LogP contribution in [-0.4, -0.2) is 23.7 Å². The van der Waals surface area contributed by atoms with Gasteiger partial charge in [0.05, 0.1) is 17.9 Å². The van der Waals surface area contributed by atoms with Crippen LogP contribution in [0.15, 0.2) is 22.8 Å². The monoisotopic (exact) mass is 253 g/mol. The van der Waals surface area contributed by atoms with Crippen LogP contribution in [0.1, 0.15) is 31.1 Å². The molecule has 3 atom stereocenters. The largest absolute Gasteiger partial charge is 0.468 e. The molecule has 0 aromatic carbocycles. The summed E-state index contributed by atoms with van der Waals surface area (Å²) in [7, 11) is 0. The maximum absolute atomic E-state index is 6.31. The van der Waals surface area contributed by atoms with Crippen LogP contribution in [0, 0.1) is 5.92 Å². The average Bonchev–Trinajstić information content (AvgIpc) is 3.00. The van der Waals surface area contributed by atoms with Crippen LogP contribution >= 0.6 is 11.8 Å². The van der Waals surface area contributed by atoms with Gasteiger partial charge in [-0.1, -0.05) is 0 Å². The highest BCUT2D eigenvalue weighted by Gasteiger charge is 2.42. The Balaban J connectivity index is 1.71. The van der Waals surface area contributed by atoms with E-state index >= 15 is 0 Å². The molecule has 2 N–H and O–H groups in total. The Kier molecular flexibility index (Phi) is 3.19. The Bertz CT molecular complexity index is 360. The topological polar surface area (TPSA) is 48.4 Å². The zero-order chi connectivity index (χ0) is 11.7. The van der Waals surface area contributed by atoms with E-state index in [1.165, 1.54) is 12.2 Å². The minimum Gasteiger partial charge on any atom is -0.468 e. The lowest BCUT2D eigenvalue weighted by Gasteiger charge is -2.39. The van der Waals surface area contributed by atoms with Crippen molar-refractivity contribution in [2.24, 2.45) is 11.7 Å². The van der Waals surface area contributed by atoms with Gasteiger partial charge in [-0.05, 0) is 43.1 Å². The molecule has 17 heavy (non-hydrogen) atoms. The Morgan fingerprint density at radius 1 is 1.53 bits per heavy atom. The van der Waals surface area contributed by atoms with Gasteiger partial charge in [0.25, 0.3) is 0 Å². The fraction of sp³-hybridized carbons (Fsp3) is 0.692. The van der Waals surface area contributed by atoms with Gasteiger partial charge in [-0.3, -0.25) is 0 Å². The highest BCUT2D eigenvalue weighted by molar-refractivity contribution is 7.99. The summed E-state index contributed by atoms with van der Waals surface area (Å²) in [6, 6.07) is 3.92. The molecule has 0 radical (unpaired) electrons. The molecule has 2 aliphatic rings. The molecule has 1 aromatic rings. The van der Waals surface area contributed by atoms with Crippen LogP contribution in [0.3, 0.4) is 0 Å². The van der Waals surface area contributed by atoms with Gasteiger partial charge in [0.15, 0.2) is 0 Å². The molecule has 4 heteroatoms.